The molecule has 3 N–H and O–H groups in total. The van der Waals surface area contributed by atoms with E-state index in [1.807, 2.05) is 31.2 Å². The van der Waals surface area contributed by atoms with Crippen LogP contribution in [0.25, 0.3) is 0 Å². The Kier molecular flexibility index (Phi) is 5.83. The first-order chi connectivity index (χ1) is 8.93. The van der Waals surface area contributed by atoms with Crippen LogP contribution in [0.15, 0.2) is 24.3 Å². The van der Waals surface area contributed by atoms with Gasteiger partial charge in [0.1, 0.15) is 5.75 Å². The number of nitrogens with two attached hydrogens (primary N) is 1. The van der Waals surface area contributed by atoms with Crippen molar-refractivity contribution in [3.05, 3.63) is 29.8 Å². The molecule has 0 aromatic heterocycles. The van der Waals surface area contributed by atoms with Gasteiger partial charge >= 0.3 is 0 Å². The minimum atomic E-state index is -0.451. The van der Waals surface area contributed by atoms with Crippen molar-refractivity contribution in [2.24, 2.45) is 11.7 Å². The van der Waals surface area contributed by atoms with Gasteiger partial charge in [0.2, 0.25) is 5.91 Å². The van der Waals surface area contributed by atoms with Gasteiger partial charge in [0.25, 0.3) is 0 Å². The molecule has 2 atom stereocenters. The molecule has 106 valence electrons. The Bertz CT molecular complexity index is 418. The van der Waals surface area contributed by atoms with E-state index >= 15 is 0 Å². The summed E-state index contributed by atoms with van der Waals surface area (Å²) >= 11 is 0. The normalized spacial score (nSPS) is 14.0. The molecule has 2 unspecified atom stereocenters. The Morgan fingerprint density at radius 2 is 2.05 bits per heavy atom. The van der Waals surface area contributed by atoms with Crippen LogP contribution in [0.3, 0.4) is 0 Å². The highest BCUT2D eigenvalue weighted by atomic mass is 16.5. The van der Waals surface area contributed by atoms with Crippen LogP contribution in [0.5, 0.6) is 5.75 Å². The Labute approximate surface area is 115 Å². The zero-order valence-corrected chi connectivity index (χ0v) is 12.1. The van der Waals surface area contributed by atoms with Crippen molar-refractivity contribution in [2.45, 2.75) is 39.3 Å². The van der Waals surface area contributed by atoms with E-state index in [0.29, 0.717) is 12.3 Å². The van der Waals surface area contributed by atoms with Crippen LogP contribution in [0, 0.1) is 5.92 Å². The lowest BCUT2D eigenvalue weighted by Crippen LogP contribution is -2.42. The second kappa shape index (κ2) is 7.14. The predicted molar refractivity (Wildman–Crippen MR) is 77.0 cm³/mol. The summed E-state index contributed by atoms with van der Waals surface area (Å²) in [6, 6.07) is 7.13. The summed E-state index contributed by atoms with van der Waals surface area (Å²) in [6.45, 7) is 6.05. The Hall–Kier alpha value is -1.55. The lowest BCUT2D eigenvalue weighted by atomic mass is 10.0. The van der Waals surface area contributed by atoms with Gasteiger partial charge < -0.3 is 15.8 Å². The highest BCUT2D eigenvalue weighted by Crippen LogP contribution is 2.18. The predicted octanol–water partition coefficient (Wildman–Crippen LogP) is 2.25. The number of carbonyl (C=O) groups excluding carboxylic acids is 1. The molecule has 1 aromatic carbocycles. The van der Waals surface area contributed by atoms with Crippen molar-refractivity contribution in [3.8, 4) is 5.75 Å². The lowest BCUT2D eigenvalue weighted by Gasteiger charge is -2.19. The molecular formula is C15H24N2O2. The molecule has 1 aromatic rings. The molecule has 0 aliphatic carbocycles. The Morgan fingerprint density at radius 1 is 1.37 bits per heavy atom. The second-order valence-electron chi connectivity index (χ2n) is 5.24. The zero-order chi connectivity index (χ0) is 14.4. The van der Waals surface area contributed by atoms with E-state index in [1.54, 1.807) is 7.11 Å². The number of amides is 1. The van der Waals surface area contributed by atoms with Gasteiger partial charge in [-0.2, -0.15) is 0 Å². The van der Waals surface area contributed by atoms with Gasteiger partial charge in [-0.05, 0) is 37.0 Å². The summed E-state index contributed by atoms with van der Waals surface area (Å²) in [6.07, 6.45) is 0.691. The fourth-order valence-electron chi connectivity index (χ4n) is 1.93. The molecule has 0 saturated heterocycles. The van der Waals surface area contributed by atoms with Crippen LogP contribution in [0.2, 0.25) is 0 Å². The van der Waals surface area contributed by atoms with Gasteiger partial charge in [-0.25, -0.2) is 0 Å². The smallest absolute Gasteiger partial charge is 0.237 e. The van der Waals surface area contributed by atoms with E-state index in [0.717, 1.165) is 11.3 Å². The fraction of sp³-hybridized carbons (Fsp3) is 0.533. The molecule has 1 rings (SSSR count). The molecule has 0 aliphatic heterocycles. The van der Waals surface area contributed by atoms with Crippen LogP contribution in [-0.2, 0) is 4.79 Å². The fourth-order valence-corrected chi connectivity index (χ4v) is 1.93. The van der Waals surface area contributed by atoms with E-state index in [-0.39, 0.29) is 11.9 Å². The number of benzene rings is 1. The van der Waals surface area contributed by atoms with Gasteiger partial charge in [0, 0.05) is 0 Å². The minimum Gasteiger partial charge on any atom is -0.497 e. The van der Waals surface area contributed by atoms with Gasteiger partial charge in [-0.1, -0.05) is 26.0 Å². The first-order valence-electron chi connectivity index (χ1n) is 6.64. The summed E-state index contributed by atoms with van der Waals surface area (Å²) in [4.78, 5) is 11.9. The Morgan fingerprint density at radius 3 is 2.63 bits per heavy atom. The van der Waals surface area contributed by atoms with E-state index in [9.17, 15) is 4.79 Å². The summed E-state index contributed by atoms with van der Waals surface area (Å²) in [5, 5.41) is 2.93. The highest BCUT2D eigenvalue weighted by Gasteiger charge is 2.17. The monoisotopic (exact) mass is 264 g/mol. The zero-order valence-electron chi connectivity index (χ0n) is 12.1. The van der Waals surface area contributed by atoms with Gasteiger partial charge in [-0.15, -0.1) is 0 Å². The maximum atomic E-state index is 11.9. The molecule has 0 radical (unpaired) electrons. The van der Waals surface area contributed by atoms with E-state index in [2.05, 4.69) is 19.2 Å². The summed E-state index contributed by atoms with van der Waals surface area (Å²) in [5.41, 5.74) is 6.87. The molecule has 0 bridgehead atoms. The molecule has 1 amide bonds. The first-order valence-corrected chi connectivity index (χ1v) is 6.64. The van der Waals surface area contributed by atoms with Gasteiger partial charge in [0.05, 0.1) is 19.2 Å². The van der Waals surface area contributed by atoms with Gasteiger partial charge in [0.15, 0.2) is 0 Å². The number of methoxy groups -OCH3 is 1. The number of ether oxygens (including phenoxy) is 1. The quantitative estimate of drug-likeness (QED) is 0.828. The summed E-state index contributed by atoms with van der Waals surface area (Å²) < 4.78 is 5.17. The van der Waals surface area contributed by atoms with Crippen LogP contribution in [0.1, 0.15) is 38.8 Å². The lowest BCUT2D eigenvalue weighted by molar-refractivity contribution is -0.123. The van der Waals surface area contributed by atoms with Crippen molar-refractivity contribution in [2.75, 3.05) is 7.11 Å². The van der Waals surface area contributed by atoms with Crippen LogP contribution >= 0.6 is 0 Å². The maximum Gasteiger partial charge on any atom is 0.237 e. The second-order valence-corrected chi connectivity index (χ2v) is 5.24. The number of carbonyl (C=O) groups is 1. The minimum absolute atomic E-state index is 0.0826. The third-order valence-electron chi connectivity index (χ3n) is 3.01. The number of nitrogens with one attached hydrogen (secondary N) is 1. The van der Waals surface area contributed by atoms with Crippen LogP contribution < -0.4 is 15.8 Å². The third kappa shape index (κ3) is 4.91. The Balaban J connectivity index is 2.63. The molecule has 0 spiro atoms. The average molecular weight is 264 g/mol. The molecule has 0 fully saturated rings. The standard InChI is InChI=1S/C15H24N2O2/c1-10(2)8-14(16)15(18)17-11(3)12-6-5-7-13(9-12)19-4/h5-7,9-11,14H,8,16H2,1-4H3,(H,17,18). The molecule has 19 heavy (non-hydrogen) atoms. The van der Waals surface area contributed by atoms with Crippen LogP contribution in [-0.4, -0.2) is 19.1 Å². The van der Waals surface area contributed by atoms with Crippen molar-refractivity contribution < 1.29 is 9.53 Å². The molecule has 4 nitrogen and oxygen atoms in total. The first kappa shape index (κ1) is 15.5. The topological polar surface area (TPSA) is 64.3 Å². The molecular weight excluding hydrogens is 240 g/mol. The summed E-state index contributed by atoms with van der Waals surface area (Å²) in [5.74, 6) is 1.09. The van der Waals surface area contributed by atoms with E-state index in [4.69, 9.17) is 10.5 Å². The van der Waals surface area contributed by atoms with Crippen molar-refractivity contribution >= 4 is 5.91 Å². The number of hydrogen-bond acceptors (Lipinski definition) is 3. The highest BCUT2D eigenvalue weighted by molar-refractivity contribution is 5.81. The summed E-state index contributed by atoms with van der Waals surface area (Å²) in [7, 11) is 1.63. The molecule has 0 aliphatic rings. The molecule has 0 heterocycles. The van der Waals surface area contributed by atoms with Gasteiger partial charge in [-0.3, -0.25) is 4.79 Å². The maximum absolute atomic E-state index is 11.9. The average Bonchev–Trinajstić information content (AvgIpc) is 2.37. The molecule has 0 saturated carbocycles. The van der Waals surface area contributed by atoms with E-state index in [1.165, 1.54) is 0 Å². The van der Waals surface area contributed by atoms with E-state index < -0.39 is 6.04 Å². The van der Waals surface area contributed by atoms with Crippen LogP contribution in [0.4, 0.5) is 0 Å². The molecule has 4 heteroatoms. The van der Waals surface area contributed by atoms with Crippen molar-refractivity contribution in [3.63, 3.8) is 0 Å². The largest absolute Gasteiger partial charge is 0.497 e. The number of rotatable bonds is 6. The van der Waals surface area contributed by atoms with Crippen molar-refractivity contribution in [1.82, 2.24) is 5.32 Å². The number of hydrogen-bond donors (Lipinski definition) is 2. The SMILES string of the molecule is COc1cccc(C(C)NC(=O)C(N)CC(C)C)c1. The van der Waals surface area contributed by atoms with Crippen molar-refractivity contribution in [1.29, 1.82) is 0 Å². The third-order valence-corrected chi connectivity index (χ3v) is 3.01.